The minimum absolute atomic E-state index is 0.406. The molecular weight excluding hydrogens is 272 g/mol. The fraction of sp³-hybridized carbons (Fsp3) is 0.583. The molecule has 0 aromatic rings. The Balaban J connectivity index is -0.000000234. The van der Waals surface area contributed by atoms with Crippen molar-refractivity contribution in [3.8, 4) is 0 Å². The van der Waals surface area contributed by atoms with Crippen LogP contribution in [0.25, 0.3) is 0 Å². The maximum absolute atomic E-state index is 8.56. The first-order valence-electron chi connectivity index (χ1n) is 5.54. The SMILES string of the molecule is C=CCOCC=C.O=C(O)O.OCC(CO)(CO)CO. The number of aliphatic hydroxyl groups is 4. The van der Waals surface area contributed by atoms with E-state index in [-0.39, 0.29) is 0 Å². The van der Waals surface area contributed by atoms with Gasteiger partial charge < -0.3 is 35.4 Å². The van der Waals surface area contributed by atoms with Crippen LogP contribution in [0, 0.1) is 5.41 Å². The van der Waals surface area contributed by atoms with E-state index in [9.17, 15) is 0 Å². The van der Waals surface area contributed by atoms with Crippen LogP contribution in [0.4, 0.5) is 4.79 Å². The lowest BCUT2D eigenvalue weighted by atomic mass is 9.93. The average molecular weight is 296 g/mol. The first kappa shape index (κ1) is 23.6. The van der Waals surface area contributed by atoms with E-state index < -0.39 is 38.0 Å². The van der Waals surface area contributed by atoms with Crippen molar-refractivity contribution < 1.29 is 40.2 Å². The molecule has 0 unspecified atom stereocenters. The van der Waals surface area contributed by atoms with Gasteiger partial charge in [-0.15, -0.1) is 13.2 Å². The van der Waals surface area contributed by atoms with Gasteiger partial charge in [0.25, 0.3) is 0 Å². The van der Waals surface area contributed by atoms with Crippen molar-refractivity contribution in [3.05, 3.63) is 25.3 Å². The van der Waals surface area contributed by atoms with Crippen LogP contribution in [0.5, 0.6) is 0 Å². The number of aliphatic hydroxyl groups excluding tert-OH is 4. The highest BCUT2D eigenvalue weighted by Crippen LogP contribution is 2.11. The van der Waals surface area contributed by atoms with Crippen molar-refractivity contribution in [2.24, 2.45) is 5.41 Å². The second kappa shape index (κ2) is 17.6. The van der Waals surface area contributed by atoms with Crippen molar-refractivity contribution in [3.63, 3.8) is 0 Å². The fourth-order valence-electron chi connectivity index (χ4n) is 0.535. The van der Waals surface area contributed by atoms with E-state index in [1.165, 1.54) is 0 Å². The molecule has 0 spiro atoms. The molecule has 0 bridgehead atoms. The first-order valence-corrected chi connectivity index (χ1v) is 5.54. The van der Waals surface area contributed by atoms with Crippen LogP contribution in [0.2, 0.25) is 0 Å². The Morgan fingerprint density at radius 3 is 1.25 bits per heavy atom. The smallest absolute Gasteiger partial charge is 0.450 e. The van der Waals surface area contributed by atoms with E-state index in [2.05, 4.69) is 13.2 Å². The van der Waals surface area contributed by atoms with Gasteiger partial charge >= 0.3 is 6.16 Å². The van der Waals surface area contributed by atoms with Crippen LogP contribution < -0.4 is 0 Å². The van der Waals surface area contributed by atoms with E-state index in [1.807, 2.05) is 0 Å². The van der Waals surface area contributed by atoms with Crippen LogP contribution in [0.15, 0.2) is 25.3 Å². The van der Waals surface area contributed by atoms with Gasteiger partial charge in [0, 0.05) is 0 Å². The zero-order valence-corrected chi connectivity index (χ0v) is 11.3. The van der Waals surface area contributed by atoms with Gasteiger partial charge in [0.1, 0.15) is 0 Å². The standard InChI is InChI=1S/C6H10O.C5H12O4.CH2O3/c1-3-5-7-6-4-2;6-1-5(2-7,3-8)4-9;2-1(3)4/h3-4H,1-2,5-6H2;6-9H,1-4H2;(H2,2,3,4). The summed E-state index contributed by atoms with van der Waals surface area (Å²) >= 11 is 0. The molecule has 8 heteroatoms. The zero-order chi connectivity index (χ0) is 16.4. The molecule has 0 saturated heterocycles. The van der Waals surface area contributed by atoms with Crippen LogP contribution in [-0.2, 0) is 4.74 Å². The molecule has 0 radical (unpaired) electrons. The molecule has 0 amide bonds. The normalized spacial score (nSPS) is 9.40. The summed E-state index contributed by atoms with van der Waals surface area (Å²) in [5, 5.41) is 47.9. The van der Waals surface area contributed by atoms with Gasteiger partial charge in [-0.2, -0.15) is 0 Å². The summed E-state index contributed by atoms with van der Waals surface area (Å²) in [6.45, 7) is 6.56. The summed E-state index contributed by atoms with van der Waals surface area (Å²) in [6.07, 6.45) is 1.59. The molecule has 0 aliphatic rings. The molecule has 0 aliphatic carbocycles. The van der Waals surface area contributed by atoms with Gasteiger partial charge in [0.15, 0.2) is 0 Å². The van der Waals surface area contributed by atoms with Crippen molar-refractivity contribution in [1.29, 1.82) is 0 Å². The quantitative estimate of drug-likeness (QED) is 0.260. The number of ether oxygens (including phenoxy) is 1. The Bertz CT molecular complexity index is 208. The maximum atomic E-state index is 8.56. The highest BCUT2D eigenvalue weighted by atomic mass is 16.6. The molecule has 6 N–H and O–H groups in total. The van der Waals surface area contributed by atoms with E-state index in [0.717, 1.165) is 0 Å². The summed E-state index contributed by atoms with van der Waals surface area (Å²) in [5.41, 5.74) is -1.11. The van der Waals surface area contributed by atoms with Gasteiger partial charge in [0.05, 0.1) is 45.1 Å². The van der Waals surface area contributed by atoms with Gasteiger partial charge in [-0.1, -0.05) is 12.2 Å². The molecule has 0 aromatic carbocycles. The molecule has 0 rings (SSSR count). The van der Waals surface area contributed by atoms with Gasteiger partial charge in [-0.3, -0.25) is 0 Å². The fourth-order valence-corrected chi connectivity index (χ4v) is 0.535. The van der Waals surface area contributed by atoms with E-state index in [4.69, 9.17) is 40.2 Å². The largest absolute Gasteiger partial charge is 0.503 e. The second-order valence-corrected chi connectivity index (χ2v) is 3.53. The Morgan fingerprint density at radius 2 is 1.15 bits per heavy atom. The highest BCUT2D eigenvalue weighted by Gasteiger charge is 2.26. The van der Waals surface area contributed by atoms with E-state index >= 15 is 0 Å². The Kier molecular flexibility index (Phi) is 20.7. The third-order valence-corrected chi connectivity index (χ3v) is 1.81. The van der Waals surface area contributed by atoms with Crippen molar-refractivity contribution >= 4 is 6.16 Å². The Labute approximate surface area is 117 Å². The molecule has 0 aromatic heterocycles. The molecule has 0 heterocycles. The van der Waals surface area contributed by atoms with E-state index in [0.29, 0.717) is 13.2 Å². The molecular formula is C12H24O8. The molecule has 0 atom stereocenters. The average Bonchev–Trinajstić information content (AvgIpc) is 2.43. The number of hydrogen-bond donors (Lipinski definition) is 6. The monoisotopic (exact) mass is 296 g/mol. The third-order valence-electron chi connectivity index (χ3n) is 1.81. The predicted molar refractivity (Wildman–Crippen MR) is 72.6 cm³/mol. The first-order chi connectivity index (χ1) is 9.39. The number of rotatable bonds is 8. The van der Waals surface area contributed by atoms with Gasteiger partial charge in [-0.05, 0) is 0 Å². The summed E-state index contributed by atoms with van der Waals surface area (Å²) in [4.78, 5) is 8.56. The van der Waals surface area contributed by atoms with Crippen molar-refractivity contribution in [2.45, 2.75) is 0 Å². The van der Waals surface area contributed by atoms with Crippen LogP contribution in [-0.4, -0.2) is 76.4 Å². The summed E-state index contributed by atoms with van der Waals surface area (Å²) in [5.74, 6) is 0. The van der Waals surface area contributed by atoms with Crippen molar-refractivity contribution in [2.75, 3.05) is 39.6 Å². The molecule has 0 aliphatic heterocycles. The number of carboxylic acid groups (broad SMARTS) is 2. The number of hydrogen-bond acceptors (Lipinski definition) is 6. The van der Waals surface area contributed by atoms with Crippen molar-refractivity contribution in [1.82, 2.24) is 0 Å². The zero-order valence-electron chi connectivity index (χ0n) is 11.3. The second-order valence-electron chi connectivity index (χ2n) is 3.53. The third kappa shape index (κ3) is 18.9. The lowest BCUT2D eigenvalue weighted by Gasteiger charge is -2.23. The molecule has 0 saturated carbocycles. The minimum atomic E-state index is -1.83. The molecule has 8 nitrogen and oxygen atoms in total. The summed E-state index contributed by atoms with van der Waals surface area (Å²) in [6, 6.07) is 0. The van der Waals surface area contributed by atoms with Crippen LogP contribution in [0.1, 0.15) is 0 Å². The summed E-state index contributed by atoms with van der Waals surface area (Å²) < 4.78 is 4.90. The highest BCUT2D eigenvalue weighted by molar-refractivity contribution is 5.53. The number of carbonyl (C=O) groups is 1. The maximum Gasteiger partial charge on any atom is 0.503 e. The predicted octanol–water partition coefficient (Wildman–Crippen LogP) is -0.461. The lowest BCUT2D eigenvalue weighted by molar-refractivity contribution is -0.0328. The molecule has 0 fully saturated rings. The Hall–Kier alpha value is -1.45. The molecule has 120 valence electrons. The Morgan fingerprint density at radius 1 is 0.900 bits per heavy atom. The van der Waals surface area contributed by atoms with E-state index in [1.54, 1.807) is 12.2 Å². The molecule has 20 heavy (non-hydrogen) atoms. The van der Waals surface area contributed by atoms with Crippen LogP contribution in [0.3, 0.4) is 0 Å². The van der Waals surface area contributed by atoms with Gasteiger partial charge in [-0.25, -0.2) is 4.79 Å². The van der Waals surface area contributed by atoms with Crippen LogP contribution >= 0.6 is 0 Å². The minimum Gasteiger partial charge on any atom is -0.450 e. The topological polar surface area (TPSA) is 148 Å². The summed E-state index contributed by atoms with van der Waals surface area (Å²) in [7, 11) is 0. The van der Waals surface area contributed by atoms with Gasteiger partial charge in [0.2, 0.25) is 0 Å². The lowest BCUT2D eigenvalue weighted by Crippen LogP contribution is -2.37.